The zero-order valence-corrected chi connectivity index (χ0v) is 11.3. The van der Waals surface area contributed by atoms with Crippen molar-refractivity contribution in [1.29, 1.82) is 0 Å². The third-order valence-electron chi connectivity index (χ3n) is 2.12. The van der Waals surface area contributed by atoms with Crippen molar-refractivity contribution in [3.8, 4) is 0 Å². The Morgan fingerprint density at radius 1 is 1.31 bits per heavy atom. The highest BCUT2D eigenvalue weighted by molar-refractivity contribution is 9.09. The molecule has 0 bridgehead atoms. The minimum absolute atomic E-state index is 0.118. The number of hydrogen-bond donors (Lipinski definition) is 2. The molecule has 0 unspecified atom stereocenters. The van der Waals surface area contributed by atoms with E-state index in [0.717, 1.165) is 31.0 Å². The lowest BCUT2D eigenvalue weighted by molar-refractivity contribution is 0.570. The summed E-state index contributed by atoms with van der Waals surface area (Å²) in [6.07, 6.45) is 5.58. The molecule has 1 heterocycles. The van der Waals surface area contributed by atoms with Gasteiger partial charge < -0.3 is 0 Å². The molecule has 0 aliphatic carbocycles. The van der Waals surface area contributed by atoms with Gasteiger partial charge in [0.2, 0.25) is 0 Å². The Kier molecular flexibility index (Phi) is 6.00. The lowest BCUT2D eigenvalue weighted by atomic mass is 10.2. The molecule has 0 radical (unpaired) electrons. The second-order valence-corrected chi connectivity index (χ2v) is 5.95. The van der Waals surface area contributed by atoms with Crippen LogP contribution in [0.5, 0.6) is 0 Å². The molecule has 2 N–H and O–H groups in total. The van der Waals surface area contributed by atoms with Crippen molar-refractivity contribution < 1.29 is 8.42 Å². The standard InChI is InChI=1S/C9H16BrN3O2S/c10-6-3-1-2-4-7-12-16(14,15)9-5-8-11-13-9/h5,8,12H,1-4,6-7H2,(H,11,13). The second kappa shape index (κ2) is 7.03. The molecule has 0 spiro atoms. The maximum absolute atomic E-state index is 11.6. The smallest absolute Gasteiger partial charge is 0.257 e. The van der Waals surface area contributed by atoms with Crippen LogP contribution in [0.1, 0.15) is 25.7 Å². The van der Waals surface area contributed by atoms with Crippen LogP contribution in [0.4, 0.5) is 0 Å². The normalized spacial score (nSPS) is 11.8. The van der Waals surface area contributed by atoms with Crippen LogP contribution in [0.25, 0.3) is 0 Å². The van der Waals surface area contributed by atoms with Crippen LogP contribution in [0, 0.1) is 0 Å². The van der Waals surface area contributed by atoms with Crippen molar-refractivity contribution in [2.45, 2.75) is 30.7 Å². The number of nitrogens with zero attached hydrogens (tertiary/aromatic N) is 1. The Morgan fingerprint density at radius 2 is 2.06 bits per heavy atom. The molecule has 16 heavy (non-hydrogen) atoms. The fourth-order valence-corrected chi connectivity index (χ4v) is 2.63. The Hall–Kier alpha value is -0.400. The molecule has 0 aliphatic heterocycles. The molecule has 1 aromatic rings. The van der Waals surface area contributed by atoms with Gasteiger partial charge in [0.25, 0.3) is 10.0 Å². The molecule has 0 aromatic carbocycles. The lowest BCUT2D eigenvalue weighted by Gasteiger charge is -2.03. The minimum Gasteiger partial charge on any atom is -0.266 e. The van der Waals surface area contributed by atoms with Crippen molar-refractivity contribution in [1.82, 2.24) is 14.9 Å². The molecule has 0 atom stereocenters. The summed E-state index contributed by atoms with van der Waals surface area (Å²) in [6.45, 7) is 0.476. The van der Waals surface area contributed by atoms with Gasteiger partial charge in [0, 0.05) is 11.9 Å². The average molecular weight is 310 g/mol. The summed E-state index contributed by atoms with van der Waals surface area (Å²) >= 11 is 3.35. The number of sulfonamides is 1. The first-order valence-electron chi connectivity index (χ1n) is 5.22. The Morgan fingerprint density at radius 3 is 2.69 bits per heavy atom. The molecule has 1 rings (SSSR count). The van der Waals surface area contributed by atoms with Gasteiger partial charge in [0.05, 0.1) is 6.20 Å². The van der Waals surface area contributed by atoms with E-state index in [4.69, 9.17) is 0 Å². The van der Waals surface area contributed by atoms with E-state index in [1.54, 1.807) is 0 Å². The van der Waals surface area contributed by atoms with E-state index >= 15 is 0 Å². The maximum Gasteiger partial charge on any atom is 0.257 e. The van der Waals surface area contributed by atoms with Gasteiger partial charge in [-0.2, -0.15) is 5.10 Å². The van der Waals surface area contributed by atoms with Crippen LogP contribution in [0.2, 0.25) is 0 Å². The predicted octanol–water partition coefficient (Wildman–Crippen LogP) is 1.64. The molecule has 92 valence electrons. The van der Waals surface area contributed by atoms with E-state index < -0.39 is 10.0 Å². The number of unbranched alkanes of at least 4 members (excludes halogenated alkanes) is 3. The number of alkyl halides is 1. The molecule has 0 aliphatic rings. The van der Waals surface area contributed by atoms with Crippen LogP contribution in [-0.4, -0.2) is 30.5 Å². The van der Waals surface area contributed by atoms with E-state index in [9.17, 15) is 8.42 Å². The minimum atomic E-state index is -3.39. The topological polar surface area (TPSA) is 74.8 Å². The highest BCUT2D eigenvalue weighted by Gasteiger charge is 2.13. The monoisotopic (exact) mass is 309 g/mol. The summed E-state index contributed by atoms with van der Waals surface area (Å²) in [7, 11) is -3.39. The number of aromatic nitrogens is 2. The third kappa shape index (κ3) is 4.63. The molecule has 0 amide bonds. The maximum atomic E-state index is 11.6. The molecule has 0 saturated heterocycles. The summed E-state index contributed by atoms with van der Waals surface area (Å²) in [5.41, 5.74) is 0. The van der Waals surface area contributed by atoms with Crippen LogP contribution in [0.15, 0.2) is 17.3 Å². The number of hydrogen-bond acceptors (Lipinski definition) is 3. The van der Waals surface area contributed by atoms with Crippen LogP contribution >= 0.6 is 15.9 Å². The molecule has 7 heteroatoms. The van der Waals surface area contributed by atoms with Crippen LogP contribution in [-0.2, 0) is 10.0 Å². The van der Waals surface area contributed by atoms with Crippen LogP contribution in [0.3, 0.4) is 0 Å². The highest BCUT2D eigenvalue weighted by Crippen LogP contribution is 2.04. The van der Waals surface area contributed by atoms with Crippen molar-refractivity contribution in [3.05, 3.63) is 12.3 Å². The van der Waals surface area contributed by atoms with Gasteiger partial charge in [-0.25, -0.2) is 13.1 Å². The second-order valence-electron chi connectivity index (χ2n) is 3.42. The Bertz CT molecular complexity index is 377. The number of nitrogens with one attached hydrogen (secondary N) is 2. The lowest BCUT2D eigenvalue weighted by Crippen LogP contribution is -2.25. The van der Waals surface area contributed by atoms with E-state index in [1.165, 1.54) is 12.3 Å². The summed E-state index contributed by atoms with van der Waals surface area (Å²) in [6, 6.07) is 1.44. The fourth-order valence-electron chi connectivity index (χ4n) is 1.25. The van der Waals surface area contributed by atoms with Crippen LogP contribution < -0.4 is 4.72 Å². The summed E-state index contributed by atoms with van der Waals surface area (Å²) in [5, 5.41) is 7.17. The van der Waals surface area contributed by atoms with Crippen molar-refractivity contribution >= 4 is 26.0 Å². The molecule has 0 saturated carbocycles. The van der Waals surface area contributed by atoms with E-state index in [1.807, 2.05) is 0 Å². The zero-order chi connectivity index (χ0) is 11.9. The molecule has 0 fully saturated rings. The summed E-state index contributed by atoms with van der Waals surface area (Å²) in [5.74, 6) is 0. The van der Waals surface area contributed by atoms with Gasteiger partial charge in [-0.05, 0) is 18.9 Å². The third-order valence-corrected chi connectivity index (χ3v) is 4.07. The number of rotatable bonds is 8. The highest BCUT2D eigenvalue weighted by atomic mass is 79.9. The first-order valence-corrected chi connectivity index (χ1v) is 7.82. The Labute approximate surface area is 104 Å². The average Bonchev–Trinajstić information content (AvgIpc) is 2.77. The number of aromatic amines is 1. The van der Waals surface area contributed by atoms with Gasteiger partial charge in [-0.3, -0.25) is 5.10 Å². The number of halogens is 1. The first kappa shape index (κ1) is 13.7. The molecule has 5 nitrogen and oxygen atoms in total. The summed E-state index contributed by atoms with van der Waals surface area (Å²) in [4.78, 5) is 0. The molecule has 1 aromatic heterocycles. The molecular weight excluding hydrogens is 294 g/mol. The Balaban J connectivity index is 2.22. The van der Waals surface area contributed by atoms with Gasteiger partial charge in [-0.1, -0.05) is 28.8 Å². The van der Waals surface area contributed by atoms with Crippen molar-refractivity contribution in [2.24, 2.45) is 0 Å². The predicted molar refractivity (Wildman–Crippen MR) is 66.0 cm³/mol. The van der Waals surface area contributed by atoms with Crippen molar-refractivity contribution in [3.63, 3.8) is 0 Å². The quantitative estimate of drug-likeness (QED) is 0.566. The van der Waals surface area contributed by atoms with Gasteiger partial charge in [0.1, 0.15) is 0 Å². The SMILES string of the molecule is O=S(=O)(NCCCCCCBr)c1ccn[nH]1. The fraction of sp³-hybridized carbons (Fsp3) is 0.667. The summed E-state index contributed by atoms with van der Waals surface area (Å²) < 4.78 is 25.7. The first-order chi connectivity index (χ1) is 7.67. The largest absolute Gasteiger partial charge is 0.266 e. The van der Waals surface area contributed by atoms with Gasteiger partial charge in [-0.15, -0.1) is 0 Å². The van der Waals surface area contributed by atoms with E-state index in [0.29, 0.717) is 6.54 Å². The zero-order valence-electron chi connectivity index (χ0n) is 8.95. The number of H-pyrrole nitrogens is 1. The van der Waals surface area contributed by atoms with Gasteiger partial charge in [0.15, 0.2) is 5.03 Å². The molecular formula is C9H16BrN3O2S. The van der Waals surface area contributed by atoms with Crippen molar-refractivity contribution in [2.75, 3.05) is 11.9 Å². The van der Waals surface area contributed by atoms with E-state index in [2.05, 4.69) is 30.8 Å². The van der Waals surface area contributed by atoms with Gasteiger partial charge >= 0.3 is 0 Å². The van der Waals surface area contributed by atoms with E-state index in [-0.39, 0.29) is 5.03 Å².